The number of aromatic nitrogens is 3. The van der Waals surface area contributed by atoms with Gasteiger partial charge in [0.15, 0.2) is 11.0 Å². The summed E-state index contributed by atoms with van der Waals surface area (Å²) in [6, 6.07) is 19.2. The normalized spacial score (nSPS) is 11.4. The maximum absolute atomic E-state index is 13.0. The van der Waals surface area contributed by atoms with E-state index in [1.807, 2.05) is 30.3 Å². The molecule has 1 N–H and O–H groups in total. The molecule has 0 saturated heterocycles. The van der Waals surface area contributed by atoms with E-state index in [2.05, 4.69) is 15.5 Å². The quantitative estimate of drug-likeness (QED) is 0.277. The highest BCUT2D eigenvalue weighted by molar-refractivity contribution is 7.99. The number of nitrogens with one attached hydrogen (secondary N) is 1. The highest BCUT2D eigenvalue weighted by Crippen LogP contribution is 2.34. The number of nitrogens with zero attached hydrogens (tertiary/aromatic N) is 3. The van der Waals surface area contributed by atoms with E-state index in [4.69, 9.17) is 23.2 Å². The summed E-state index contributed by atoms with van der Waals surface area (Å²) in [4.78, 5) is 12.5. The molecule has 11 heteroatoms. The van der Waals surface area contributed by atoms with Crippen LogP contribution in [0.3, 0.4) is 0 Å². The predicted octanol–water partition coefficient (Wildman–Crippen LogP) is 6.99. The molecule has 0 saturated carbocycles. The SMILES string of the molecule is O=C(CSc1nnc(-c2ccccc2)n1-c1ccc(Cl)cc1)Nc1cc(C(F)(F)F)ccc1Cl. The second-order valence-electron chi connectivity index (χ2n) is 7.01. The monoisotopic (exact) mass is 522 g/mol. The molecule has 0 aliphatic rings. The van der Waals surface area contributed by atoms with Gasteiger partial charge in [0, 0.05) is 16.3 Å². The number of amides is 1. The van der Waals surface area contributed by atoms with Gasteiger partial charge in [-0.2, -0.15) is 13.2 Å². The number of carbonyl (C=O) groups excluding carboxylic acids is 1. The number of thioether (sulfide) groups is 1. The molecule has 4 rings (SSSR count). The molecule has 174 valence electrons. The lowest BCUT2D eigenvalue weighted by molar-refractivity contribution is -0.137. The summed E-state index contributed by atoms with van der Waals surface area (Å²) in [5.41, 5.74) is 0.523. The molecule has 0 bridgehead atoms. The summed E-state index contributed by atoms with van der Waals surface area (Å²) in [5.74, 6) is -0.113. The van der Waals surface area contributed by atoms with Gasteiger partial charge in [0.25, 0.3) is 0 Å². The fourth-order valence-electron chi connectivity index (χ4n) is 3.07. The predicted molar refractivity (Wildman–Crippen MR) is 128 cm³/mol. The summed E-state index contributed by atoms with van der Waals surface area (Å²) in [6.45, 7) is 0. The lowest BCUT2D eigenvalue weighted by atomic mass is 10.2. The van der Waals surface area contributed by atoms with Crippen LogP contribution >= 0.6 is 35.0 Å². The van der Waals surface area contributed by atoms with Gasteiger partial charge in [-0.3, -0.25) is 9.36 Å². The average Bonchev–Trinajstić information content (AvgIpc) is 3.23. The van der Waals surface area contributed by atoms with Gasteiger partial charge in [-0.05, 0) is 42.5 Å². The molecule has 0 aliphatic heterocycles. The molecule has 0 fully saturated rings. The van der Waals surface area contributed by atoms with Crippen molar-refractivity contribution in [3.63, 3.8) is 0 Å². The van der Waals surface area contributed by atoms with Gasteiger partial charge in [0.05, 0.1) is 22.0 Å². The molecule has 1 aromatic heterocycles. The van der Waals surface area contributed by atoms with Crippen molar-refractivity contribution in [1.29, 1.82) is 0 Å². The summed E-state index contributed by atoms with van der Waals surface area (Å²) in [5, 5.41) is 11.9. The summed E-state index contributed by atoms with van der Waals surface area (Å²) in [6.07, 6.45) is -4.55. The van der Waals surface area contributed by atoms with E-state index in [1.165, 1.54) is 0 Å². The number of hydrogen-bond acceptors (Lipinski definition) is 4. The van der Waals surface area contributed by atoms with E-state index < -0.39 is 17.6 Å². The second-order valence-corrected chi connectivity index (χ2v) is 8.80. The van der Waals surface area contributed by atoms with E-state index in [1.54, 1.807) is 28.8 Å². The summed E-state index contributed by atoms with van der Waals surface area (Å²) >= 11 is 13.1. The number of rotatable bonds is 6. The van der Waals surface area contributed by atoms with E-state index in [0.717, 1.165) is 41.2 Å². The Morgan fingerprint density at radius 3 is 2.35 bits per heavy atom. The molecule has 1 amide bonds. The molecule has 1 heterocycles. The third kappa shape index (κ3) is 5.55. The van der Waals surface area contributed by atoms with E-state index in [-0.39, 0.29) is 16.5 Å². The van der Waals surface area contributed by atoms with Crippen LogP contribution in [0.15, 0.2) is 78.0 Å². The van der Waals surface area contributed by atoms with E-state index in [0.29, 0.717) is 16.0 Å². The fraction of sp³-hybridized carbons (Fsp3) is 0.0870. The smallest absolute Gasteiger partial charge is 0.324 e. The molecule has 5 nitrogen and oxygen atoms in total. The minimum absolute atomic E-state index is 0.00189. The van der Waals surface area contributed by atoms with Gasteiger partial charge >= 0.3 is 6.18 Å². The van der Waals surface area contributed by atoms with Gasteiger partial charge in [0.2, 0.25) is 5.91 Å². The third-order valence-corrected chi connectivity index (χ3v) is 6.16. The lowest BCUT2D eigenvalue weighted by Crippen LogP contribution is -2.16. The molecule has 4 aromatic rings. The number of halogens is 5. The van der Waals surface area contributed by atoms with Crippen LogP contribution in [0.2, 0.25) is 10.0 Å². The van der Waals surface area contributed by atoms with Gasteiger partial charge in [-0.25, -0.2) is 0 Å². The van der Waals surface area contributed by atoms with Crippen LogP contribution in [0.5, 0.6) is 0 Å². The van der Waals surface area contributed by atoms with E-state index >= 15 is 0 Å². The maximum atomic E-state index is 13.0. The van der Waals surface area contributed by atoms with Crippen LogP contribution < -0.4 is 5.32 Å². The van der Waals surface area contributed by atoms with Crippen LogP contribution in [-0.2, 0) is 11.0 Å². The highest BCUT2D eigenvalue weighted by atomic mass is 35.5. The van der Waals surface area contributed by atoms with Crippen molar-refractivity contribution in [1.82, 2.24) is 14.8 Å². The largest absolute Gasteiger partial charge is 0.416 e. The molecule has 3 aromatic carbocycles. The molecular formula is C23H15Cl2F3N4OS. The molecule has 0 atom stereocenters. The van der Waals surface area contributed by atoms with Crippen LogP contribution in [0.1, 0.15) is 5.56 Å². The standard InChI is InChI=1S/C23H15Cl2F3N4OS/c24-16-7-9-17(10-8-16)32-21(14-4-2-1-3-5-14)30-31-22(32)34-13-20(33)29-19-12-15(23(26,27)28)6-11-18(19)25/h1-12H,13H2,(H,29,33). The Morgan fingerprint density at radius 2 is 1.68 bits per heavy atom. The maximum Gasteiger partial charge on any atom is 0.416 e. The van der Waals surface area contributed by atoms with Crippen molar-refractivity contribution in [3.8, 4) is 17.1 Å². The number of anilines is 1. The first-order valence-corrected chi connectivity index (χ1v) is 11.5. The Morgan fingerprint density at radius 1 is 0.971 bits per heavy atom. The van der Waals surface area contributed by atoms with Crippen molar-refractivity contribution in [2.24, 2.45) is 0 Å². The first-order valence-electron chi connectivity index (χ1n) is 9.78. The minimum atomic E-state index is -4.55. The fourth-order valence-corrected chi connectivity index (χ4v) is 4.12. The molecule has 0 aliphatic carbocycles. The zero-order chi connectivity index (χ0) is 24.3. The number of alkyl halides is 3. The van der Waals surface area contributed by atoms with Crippen molar-refractivity contribution >= 4 is 46.6 Å². The average molecular weight is 523 g/mol. The molecule has 0 radical (unpaired) electrons. The first kappa shape index (κ1) is 24.1. The molecule has 34 heavy (non-hydrogen) atoms. The summed E-state index contributed by atoms with van der Waals surface area (Å²) < 4.78 is 40.8. The van der Waals surface area contributed by atoms with E-state index in [9.17, 15) is 18.0 Å². The number of hydrogen-bond donors (Lipinski definition) is 1. The number of benzene rings is 3. The first-order chi connectivity index (χ1) is 16.2. The van der Waals surface area contributed by atoms with Gasteiger partial charge in [-0.15, -0.1) is 10.2 Å². The van der Waals surface area contributed by atoms with Crippen LogP contribution in [0.4, 0.5) is 18.9 Å². The topological polar surface area (TPSA) is 59.8 Å². The molecular weight excluding hydrogens is 508 g/mol. The van der Waals surface area contributed by atoms with Crippen molar-refractivity contribution in [2.75, 3.05) is 11.1 Å². The van der Waals surface area contributed by atoms with Crippen molar-refractivity contribution < 1.29 is 18.0 Å². The van der Waals surface area contributed by atoms with Crippen LogP contribution in [0, 0.1) is 0 Å². The van der Waals surface area contributed by atoms with Gasteiger partial charge in [0.1, 0.15) is 0 Å². The third-order valence-electron chi connectivity index (χ3n) is 4.65. The van der Waals surface area contributed by atoms with Crippen LogP contribution in [-0.4, -0.2) is 26.4 Å². The van der Waals surface area contributed by atoms with Gasteiger partial charge < -0.3 is 5.32 Å². The highest BCUT2D eigenvalue weighted by Gasteiger charge is 2.31. The Labute approximate surface area is 206 Å². The van der Waals surface area contributed by atoms with Gasteiger partial charge in [-0.1, -0.05) is 65.3 Å². The molecule has 0 unspecified atom stereocenters. The van der Waals surface area contributed by atoms with Crippen molar-refractivity contribution in [3.05, 3.63) is 88.4 Å². The zero-order valence-electron chi connectivity index (χ0n) is 17.2. The summed E-state index contributed by atoms with van der Waals surface area (Å²) in [7, 11) is 0. The zero-order valence-corrected chi connectivity index (χ0v) is 19.5. The Kier molecular flexibility index (Phi) is 7.16. The van der Waals surface area contributed by atoms with Crippen molar-refractivity contribution in [2.45, 2.75) is 11.3 Å². The Bertz CT molecular complexity index is 1310. The Hall–Kier alpha value is -3.01. The van der Waals surface area contributed by atoms with Crippen LogP contribution in [0.25, 0.3) is 17.1 Å². The second kappa shape index (κ2) is 10.1. The number of carbonyl (C=O) groups is 1. The molecule has 0 spiro atoms. The minimum Gasteiger partial charge on any atom is -0.324 e. The Balaban J connectivity index is 1.57. The lowest BCUT2D eigenvalue weighted by Gasteiger charge is -2.12.